The van der Waals surface area contributed by atoms with Gasteiger partial charge in [-0.15, -0.1) is 0 Å². The maximum absolute atomic E-state index is 11.2. The summed E-state index contributed by atoms with van der Waals surface area (Å²) in [5.41, 5.74) is 13.1. The highest BCUT2D eigenvalue weighted by Gasteiger charge is 2.11. The zero-order chi connectivity index (χ0) is 13.4. The van der Waals surface area contributed by atoms with Gasteiger partial charge in [-0.25, -0.2) is 0 Å². The summed E-state index contributed by atoms with van der Waals surface area (Å²) in [7, 11) is 0. The highest BCUT2D eigenvalue weighted by atomic mass is 16.1. The number of aromatic nitrogens is 1. The zero-order valence-electron chi connectivity index (χ0n) is 10.2. The molecule has 0 spiro atoms. The molecule has 94 valence electrons. The van der Waals surface area contributed by atoms with Crippen LogP contribution in [-0.2, 0) is 0 Å². The standard InChI is InChI=1S/C15H13N3O/c16-14-12(15(17)19)8-13(18-14)11-6-5-9-3-1-2-4-10(9)7-11/h1-8,18H,16H2,(H2,17,19). The van der Waals surface area contributed by atoms with Crippen LogP contribution in [0.15, 0.2) is 48.5 Å². The summed E-state index contributed by atoms with van der Waals surface area (Å²) in [4.78, 5) is 14.2. The first kappa shape index (κ1) is 11.3. The Morgan fingerprint density at radius 2 is 1.74 bits per heavy atom. The molecule has 0 radical (unpaired) electrons. The quantitative estimate of drug-likeness (QED) is 0.653. The number of carbonyl (C=O) groups is 1. The molecule has 0 aliphatic rings. The molecule has 4 heteroatoms. The van der Waals surface area contributed by atoms with Crippen LogP contribution >= 0.6 is 0 Å². The van der Waals surface area contributed by atoms with E-state index in [1.807, 2.05) is 36.4 Å². The van der Waals surface area contributed by atoms with Crippen LogP contribution in [0.4, 0.5) is 5.82 Å². The molecule has 19 heavy (non-hydrogen) atoms. The minimum atomic E-state index is -0.527. The van der Waals surface area contributed by atoms with Crippen LogP contribution < -0.4 is 11.5 Å². The molecule has 2 aromatic carbocycles. The first-order chi connectivity index (χ1) is 9.15. The third-order valence-corrected chi connectivity index (χ3v) is 3.17. The van der Waals surface area contributed by atoms with Gasteiger partial charge in [0.1, 0.15) is 5.82 Å². The van der Waals surface area contributed by atoms with Crippen molar-refractivity contribution in [3.05, 3.63) is 54.1 Å². The van der Waals surface area contributed by atoms with Gasteiger partial charge in [0.15, 0.2) is 0 Å². The van der Waals surface area contributed by atoms with E-state index >= 15 is 0 Å². The average Bonchev–Trinajstić information content (AvgIpc) is 2.80. The molecule has 5 N–H and O–H groups in total. The fraction of sp³-hybridized carbons (Fsp3) is 0. The third-order valence-electron chi connectivity index (χ3n) is 3.17. The number of rotatable bonds is 2. The zero-order valence-corrected chi connectivity index (χ0v) is 10.2. The minimum absolute atomic E-state index is 0.302. The lowest BCUT2D eigenvalue weighted by Gasteiger charge is -2.01. The number of H-pyrrole nitrogens is 1. The molecule has 0 aliphatic carbocycles. The molecule has 1 aromatic heterocycles. The number of nitrogens with two attached hydrogens (primary N) is 2. The first-order valence-electron chi connectivity index (χ1n) is 5.92. The van der Waals surface area contributed by atoms with E-state index in [1.54, 1.807) is 6.07 Å². The SMILES string of the molecule is NC(=O)c1cc(-c2ccc3ccccc3c2)[nH]c1N. The fourth-order valence-electron chi connectivity index (χ4n) is 2.19. The third kappa shape index (κ3) is 1.93. The Balaban J connectivity index is 2.13. The van der Waals surface area contributed by atoms with Gasteiger partial charge in [0, 0.05) is 5.69 Å². The lowest BCUT2D eigenvalue weighted by molar-refractivity contribution is 0.100. The molecule has 1 heterocycles. The van der Waals surface area contributed by atoms with Crippen molar-refractivity contribution in [3.8, 4) is 11.3 Å². The van der Waals surface area contributed by atoms with E-state index in [2.05, 4.69) is 11.1 Å². The van der Waals surface area contributed by atoms with Gasteiger partial charge in [0.2, 0.25) is 0 Å². The van der Waals surface area contributed by atoms with Crippen LogP contribution in [0.5, 0.6) is 0 Å². The molecule has 0 atom stereocenters. The largest absolute Gasteiger partial charge is 0.385 e. The van der Waals surface area contributed by atoms with Gasteiger partial charge in [-0.05, 0) is 28.5 Å². The molecule has 0 fully saturated rings. The Morgan fingerprint density at radius 1 is 1.00 bits per heavy atom. The number of nitrogens with one attached hydrogen (secondary N) is 1. The number of amides is 1. The van der Waals surface area contributed by atoms with E-state index < -0.39 is 5.91 Å². The summed E-state index contributed by atoms with van der Waals surface area (Å²) in [5, 5.41) is 2.30. The molecule has 3 aromatic rings. The summed E-state index contributed by atoms with van der Waals surface area (Å²) >= 11 is 0. The number of anilines is 1. The summed E-state index contributed by atoms with van der Waals surface area (Å²) in [6.07, 6.45) is 0. The van der Waals surface area contributed by atoms with Gasteiger partial charge in [0.05, 0.1) is 5.56 Å². The summed E-state index contributed by atoms with van der Waals surface area (Å²) in [6, 6.07) is 15.8. The number of nitrogen functional groups attached to an aromatic ring is 1. The second-order valence-corrected chi connectivity index (χ2v) is 4.44. The van der Waals surface area contributed by atoms with E-state index in [4.69, 9.17) is 11.5 Å². The van der Waals surface area contributed by atoms with Crippen LogP contribution in [0, 0.1) is 0 Å². The molecule has 0 saturated heterocycles. The van der Waals surface area contributed by atoms with Crippen molar-refractivity contribution in [2.75, 3.05) is 5.73 Å². The Labute approximate surface area is 110 Å². The van der Waals surface area contributed by atoms with Crippen molar-refractivity contribution >= 4 is 22.5 Å². The first-order valence-corrected chi connectivity index (χ1v) is 5.92. The Morgan fingerprint density at radius 3 is 2.42 bits per heavy atom. The predicted molar refractivity (Wildman–Crippen MR) is 76.7 cm³/mol. The fourth-order valence-corrected chi connectivity index (χ4v) is 2.19. The van der Waals surface area contributed by atoms with Gasteiger partial charge in [-0.2, -0.15) is 0 Å². The molecule has 0 bridgehead atoms. The lowest BCUT2D eigenvalue weighted by atomic mass is 10.1. The van der Waals surface area contributed by atoms with Crippen LogP contribution in [0.3, 0.4) is 0 Å². The Bertz CT molecular complexity index is 774. The van der Waals surface area contributed by atoms with E-state index in [-0.39, 0.29) is 0 Å². The number of fused-ring (bicyclic) bond motifs is 1. The topological polar surface area (TPSA) is 84.9 Å². The normalized spacial score (nSPS) is 10.7. The molecule has 3 rings (SSSR count). The monoisotopic (exact) mass is 251 g/mol. The van der Waals surface area contributed by atoms with Crippen molar-refractivity contribution in [3.63, 3.8) is 0 Å². The number of primary amides is 1. The maximum Gasteiger partial charge on any atom is 0.252 e. The summed E-state index contributed by atoms with van der Waals surface area (Å²) in [6.45, 7) is 0. The van der Waals surface area contributed by atoms with Crippen LogP contribution in [-0.4, -0.2) is 10.9 Å². The van der Waals surface area contributed by atoms with Gasteiger partial charge < -0.3 is 16.5 Å². The van der Waals surface area contributed by atoms with Crippen molar-refractivity contribution in [2.45, 2.75) is 0 Å². The highest BCUT2D eigenvalue weighted by molar-refractivity contribution is 5.99. The lowest BCUT2D eigenvalue weighted by Crippen LogP contribution is -2.11. The van der Waals surface area contributed by atoms with Crippen LogP contribution in [0.1, 0.15) is 10.4 Å². The molecule has 4 nitrogen and oxygen atoms in total. The van der Waals surface area contributed by atoms with E-state index in [9.17, 15) is 4.79 Å². The molecular formula is C15H13N3O. The van der Waals surface area contributed by atoms with Crippen molar-refractivity contribution in [2.24, 2.45) is 5.73 Å². The van der Waals surface area contributed by atoms with Gasteiger partial charge in [0.25, 0.3) is 5.91 Å². The average molecular weight is 251 g/mol. The number of benzene rings is 2. The Hall–Kier alpha value is -2.75. The van der Waals surface area contributed by atoms with Gasteiger partial charge in [-0.3, -0.25) is 4.79 Å². The second-order valence-electron chi connectivity index (χ2n) is 4.44. The Kier molecular flexibility index (Phi) is 2.49. The smallest absolute Gasteiger partial charge is 0.252 e. The van der Waals surface area contributed by atoms with Crippen molar-refractivity contribution in [1.29, 1.82) is 0 Å². The van der Waals surface area contributed by atoms with Gasteiger partial charge in [-0.1, -0.05) is 36.4 Å². The highest BCUT2D eigenvalue weighted by Crippen LogP contribution is 2.26. The predicted octanol–water partition coefficient (Wildman–Crippen LogP) is 2.52. The van der Waals surface area contributed by atoms with E-state index in [0.717, 1.165) is 16.6 Å². The molecule has 1 amide bonds. The molecule has 0 saturated carbocycles. The second kappa shape index (κ2) is 4.17. The number of aromatic amines is 1. The number of hydrogen-bond donors (Lipinski definition) is 3. The van der Waals surface area contributed by atoms with E-state index in [0.29, 0.717) is 11.4 Å². The molecule has 0 aliphatic heterocycles. The van der Waals surface area contributed by atoms with Crippen LogP contribution in [0.2, 0.25) is 0 Å². The van der Waals surface area contributed by atoms with E-state index in [1.165, 1.54) is 5.39 Å². The molecule has 0 unspecified atom stereocenters. The van der Waals surface area contributed by atoms with Gasteiger partial charge >= 0.3 is 0 Å². The minimum Gasteiger partial charge on any atom is -0.385 e. The van der Waals surface area contributed by atoms with Crippen LogP contribution in [0.25, 0.3) is 22.0 Å². The van der Waals surface area contributed by atoms with Crippen molar-refractivity contribution in [1.82, 2.24) is 4.98 Å². The van der Waals surface area contributed by atoms with Crippen molar-refractivity contribution < 1.29 is 4.79 Å². The molecular weight excluding hydrogens is 238 g/mol. The number of carbonyl (C=O) groups excluding carboxylic acids is 1. The number of hydrogen-bond acceptors (Lipinski definition) is 2. The summed E-state index contributed by atoms with van der Waals surface area (Å²) < 4.78 is 0. The summed E-state index contributed by atoms with van der Waals surface area (Å²) in [5.74, 6) is -0.226. The maximum atomic E-state index is 11.2.